The Bertz CT molecular complexity index is 933. The van der Waals surface area contributed by atoms with Gasteiger partial charge in [-0.3, -0.25) is 15.0 Å². The molecule has 0 aliphatic heterocycles. The van der Waals surface area contributed by atoms with Crippen molar-refractivity contribution < 1.29 is 14.3 Å². The highest BCUT2D eigenvalue weighted by Crippen LogP contribution is 2.33. The largest absolute Gasteiger partial charge is 0.487 e. The Balaban J connectivity index is 1.59. The normalized spacial score (nSPS) is 10.6. The van der Waals surface area contributed by atoms with Crippen LogP contribution >= 0.6 is 11.6 Å². The fraction of sp³-hybridized carbons (Fsp3) is 0.250. The minimum Gasteiger partial charge on any atom is -0.487 e. The zero-order valence-corrected chi connectivity index (χ0v) is 16.7. The number of aromatic nitrogens is 3. The van der Waals surface area contributed by atoms with Gasteiger partial charge >= 0.3 is 6.03 Å². The van der Waals surface area contributed by atoms with E-state index in [0.717, 1.165) is 5.69 Å². The summed E-state index contributed by atoms with van der Waals surface area (Å²) >= 11 is 6.21. The van der Waals surface area contributed by atoms with E-state index in [-0.39, 0.29) is 0 Å². The second-order valence-corrected chi connectivity index (χ2v) is 6.37. The molecule has 0 atom stereocenters. The highest BCUT2D eigenvalue weighted by Gasteiger charge is 2.12. The van der Waals surface area contributed by atoms with E-state index >= 15 is 0 Å². The SMILES string of the molecule is CCOCCOc1c(Cl)cccc1NC(=O)Nc1ccn(Cc2ccccn2)n1. The summed E-state index contributed by atoms with van der Waals surface area (Å²) in [5, 5.41) is 10.2. The number of hydrogen-bond donors (Lipinski definition) is 2. The zero-order chi connectivity index (χ0) is 20.5. The number of anilines is 2. The van der Waals surface area contributed by atoms with Crippen LogP contribution in [0, 0.1) is 0 Å². The maximum Gasteiger partial charge on any atom is 0.325 e. The van der Waals surface area contributed by atoms with Gasteiger partial charge in [0.25, 0.3) is 0 Å². The summed E-state index contributed by atoms with van der Waals surface area (Å²) in [4.78, 5) is 16.6. The summed E-state index contributed by atoms with van der Waals surface area (Å²) in [5.74, 6) is 0.809. The van der Waals surface area contributed by atoms with Crippen LogP contribution in [0.4, 0.5) is 16.3 Å². The van der Waals surface area contributed by atoms with Crippen LogP contribution in [0.2, 0.25) is 5.02 Å². The number of ether oxygens (including phenoxy) is 2. The molecule has 0 aliphatic rings. The quantitative estimate of drug-likeness (QED) is 0.515. The molecular formula is C20H22ClN5O3. The van der Waals surface area contributed by atoms with Crippen LogP contribution in [0.5, 0.6) is 5.75 Å². The molecule has 0 unspecified atom stereocenters. The average Bonchev–Trinajstić information content (AvgIpc) is 3.14. The second-order valence-electron chi connectivity index (χ2n) is 5.96. The van der Waals surface area contributed by atoms with Crippen molar-refractivity contribution in [1.29, 1.82) is 0 Å². The number of carbonyl (C=O) groups is 1. The van der Waals surface area contributed by atoms with E-state index in [1.807, 2.05) is 25.1 Å². The fourth-order valence-electron chi connectivity index (χ4n) is 2.54. The van der Waals surface area contributed by atoms with Gasteiger partial charge in [-0.1, -0.05) is 23.7 Å². The van der Waals surface area contributed by atoms with Crippen LogP contribution in [0.15, 0.2) is 54.9 Å². The van der Waals surface area contributed by atoms with Gasteiger partial charge in [0.15, 0.2) is 11.6 Å². The molecule has 3 aromatic rings. The standard InChI is InChI=1S/C20H22ClN5O3/c1-2-28-12-13-29-19-16(21)7-5-8-17(19)23-20(27)24-18-9-11-26(25-18)14-15-6-3-4-10-22-15/h3-11H,2,12-14H2,1H3,(H2,23,24,25,27). The van der Waals surface area contributed by atoms with E-state index in [2.05, 4.69) is 20.7 Å². The number of nitrogens with zero attached hydrogens (tertiary/aromatic N) is 3. The Hall–Kier alpha value is -3.10. The van der Waals surface area contributed by atoms with Gasteiger partial charge in [0.2, 0.25) is 0 Å². The molecule has 1 aromatic carbocycles. The monoisotopic (exact) mass is 415 g/mol. The van der Waals surface area contributed by atoms with Gasteiger partial charge in [0.05, 0.1) is 29.6 Å². The first-order valence-electron chi connectivity index (χ1n) is 9.16. The van der Waals surface area contributed by atoms with E-state index in [1.165, 1.54) is 0 Å². The molecule has 0 aliphatic carbocycles. The lowest BCUT2D eigenvalue weighted by atomic mass is 10.3. The van der Waals surface area contributed by atoms with Crippen molar-refractivity contribution in [2.45, 2.75) is 13.5 Å². The summed E-state index contributed by atoms with van der Waals surface area (Å²) in [5.41, 5.74) is 1.33. The number of urea groups is 1. The van der Waals surface area contributed by atoms with Crippen molar-refractivity contribution in [1.82, 2.24) is 14.8 Å². The van der Waals surface area contributed by atoms with E-state index < -0.39 is 6.03 Å². The third kappa shape index (κ3) is 6.20. The molecule has 0 saturated heterocycles. The van der Waals surface area contributed by atoms with Gasteiger partial charge in [-0.15, -0.1) is 0 Å². The van der Waals surface area contributed by atoms with Crippen molar-refractivity contribution in [2.75, 3.05) is 30.5 Å². The van der Waals surface area contributed by atoms with Crippen molar-refractivity contribution in [2.24, 2.45) is 0 Å². The molecular weight excluding hydrogens is 394 g/mol. The molecule has 0 saturated carbocycles. The molecule has 2 aromatic heterocycles. The molecule has 0 radical (unpaired) electrons. The number of halogens is 1. The van der Waals surface area contributed by atoms with Crippen LogP contribution < -0.4 is 15.4 Å². The highest BCUT2D eigenvalue weighted by atomic mass is 35.5. The molecule has 152 valence electrons. The number of rotatable bonds is 9. The second kappa shape index (κ2) is 10.4. The highest BCUT2D eigenvalue weighted by molar-refractivity contribution is 6.32. The molecule has 0 bridgehead atoms. The zero-order valence-electron chi connectivity index (χ0n) is 16.0. The number of para-hydroxylation sites is 1. The van der Waals surface area contributed by atoms with Gasteiger partial charge < -0.3 is 14.8 Å². The maximum atomic E-state index is 12.4. The first-order chi connectivity index (χ1) is 14.2. The molecule has 0 spiro atoms. The summed E-state index contributed by atoms with van der Waals surface area (Å²) in [6.45, 7) is 3.78. The Morgan fingerprint density at radius 3 is 2.83 bits per heavy atom. The van der Waals surface area contributed by atoms with Crippen molar-refractivity contribution >= 4 is 29.1 Å². The van der Waals surface area contributed by atoms with Crippen LogP contribution in [0.3, 0.4) is 0 Å². The molecule has 3 rings (SSSR count). The number of hydrogen-bond acceptors (Lipinski definition) is 5. The lowest BCUT2D eigenvalue weighted by Gasteiger charge is -2.14. The fourth-order valence-corrected chi connectivity index (χ4v) is 2.77. The molecule has 8 nitrogen and oxygen atoms in total. The first-order valence-corrected chi connectivity index (χ1v) is 9.54. The summed E-state index contributed by atoms with van der Waals surface area (Å²) < 4.78 is 12.6. The summed E-state index contributed by atoms with van der Waals surface area (Å²) in [6, 6.07) is 12.1. The molecule has 29 heavy (non-hydrogen) atoms. The van der Waals surface area contributed by atoms with Crippen LogP contribution in [-0.2, 0) is 11.3 Å². The predicted molar refractivity (Wildman–Crippen MR) is 112 cm³/mol. The molecule has 2 amide bonds. The third-order valence-corrected chi connectivity index (χ3v) is 4.12. The van der Waals surface area contributed by atoms with E-state index in [4.69, 9.17) is 21.1 Å². The van der Waals surface area contributed by atoms with Crippen LogP contribution in [0.1, 0.15) is 12.6 Å². The Morgan fingerprint density at radius 2 is 2.03 bits per heavy atom. The number of carbonyl (C=O) groups excluding carboxylic acids is 1. The van der Waals surface area contributed by atoms with Gasteiger partial charge in [-0.05, 0) is 31.2 Å². The number of nitrogens with one attached hydrogen (secondary N) is 2. The molecule has 2 heterocycles. The first kappa shape index (κ1) is 20.6. The van der Waals surface area contributed by atoms with Gasteiger partial charge in [-0.2, -0.15) is 5.10 Å². The smallest absolute Gasteiger partial charge is 0.325 e. The maximum absolute atomic E-state index is 12.4. The topological polar surface area (TPSA) is 90.3 Å². The Morgan fingerprint density at radius 1 is 1.14 bits per heavy atom. The number of benzene rings is 1. The number of pyridine rings is 1. The van der Waals surface area contributed by atoms with Crippen molar-refractivity contribution in [3.63, 3.8) is 0 Å². The lowest BCUT2D eigenvalue weighted by Crippen LogP contribution is -2.20. The molecule has 0 fully saturated rings. The molecule has 2 N–H and O–H groups in total. The van der Waals surface area contributed by atoms with Gasteiger partial charge in [0, 0.05) is 25.1 Å². The Labute approximate surface area is 173 Å². The van der Waals surface area contributed by atoms with Gasteiger partial charge in [0.1, 0.15) is 6.61 Å². The van der Waals surface area contributed by atoms with E-state index in [9.17, 15) is 4.79 Å². The van der Waals surface area contributed by atoms with Crippen molar-refractivity contribution in [3.8, 4) is 5.75 Å². The summed E-state index contributed by atoms with van der Waals surface area (Å²) in [7, 11) is 0. The third-order valence-electron chi connectivity index (χ3n) is 3.83. The Kier molecular flexibility index (Phi) is 7.43. The van der Waals surface area contributed by atoms with Gasteiger partial charge in [-0.25, -0.2) is 4.79 Å². The predicted octanol–water partition coefficient (Wildman–Crippen LogP) is 4.04. The number of amides is 2. The minimum absolute atomic E-state index is 0.325. The van der Waals surface area contributed by atoms with Crippen LogP contribution in [-0.4, -0.2) is 40.6 Å². The van der Waals surface area contributed by atoms with E-state index in [0.29, 0.717) is 48.6 Å². The van der Waals surface area contributed by atoms with Crippen molar-refractivity contribution in [3.05, 3.63) is 65.6 Å². The van der Waals surface area contributed by atoms with E-state index in [1.54, 1.807) is 41.3 Å². The lowest BCUT2D eigenvalue weighted by molar-refractivity contribution is 0.110. The summed E-state index contributed by atoms with van der Waals surface area (Å²) in [6.07, 6.45) is 3.50. The minimum atomic E-state index is -0.454. The molecule has 9 heteroatoms. The van der Waals surface area contributed by atoms with Crippen LogP contribution in [0.25, 0.3) is 0 Å². The average molecular weight is 416 g/mol.